The van der Waals surface area contributed by atoms with Crippen molar-refractivity contribution in [3.05, 3.63) is 46.7 Å². The molecule has 1 aliphatic heterocycles. The van der Waals surface area contributed by atoms with Gasteiger partial charge in [0.1, 0.15) is 11.5 Å². The maximum absolute atomic E-state index is 12.7. The predicted molar refractivity (Wildman–Crippen MR) is 125 cm³/mol. The largest absolute Gasteiger partial charge is 0.504 e. The van der Waals surface area contributed by atoms with E-state index in [0.29, 0.717) is 13.1 Å². The summed E-state index contributed by atoms with van der Waals surface area (Å²) < 4.78 is 26.7. The van der Waals surface area contributed by atoms with Gasteiger partial charge in [-0.2, -0.15) is 4.31 Å². The van der Waals surface area contributed by atoms with E-state index in [0.717, 1.165) is 29.7 Å². The van der Waals surface area contributed by atoms with Crippen molar-refractivity contribution < 1.29 is 13.5 Å². The highest BCUT2D eigenvalue weighted by Gasteiger charge is 2.32. The summed E-state index contributed by atoms with van der Waals surface area (Å²) in [4.78, 5) is 4.07. The number of hydrogen-bond acceptors (Lipinski definition) is 5. The normalized spacial score (nSPS) is 16.9. The highest BCUT2D eigenvalue weighted by molar-refractivity contribution is 7.91. The lowest BCUT2D eigenvalue weighted by Gasteiger charge is -2.38. The highest BCUT2D eigenvalue weighted by atomic mass is 32.2. The van der Waals surface area contributed by atoms with Crippen molar-refractivity contribution in [1.29, 1.82) is 0 Å². The minimum absolute atomic E-state index is 0.000594. The van der Waals surface area contributed by atoms with E-state index in [-0.39, 0.29) is 33.0 Å². The number of aliphatic imine (C=N–C) groups is 1. The summed E-state index contributed by atoms with van der Waals surface area (Å²) >= 11 is 0.885. The second-order valence-electron chi connectivity index (χ2n) is 8.57. The number of rotatable bonds is 5. The summed E-state index contributed by atoms with van der Waals surface area (Å²) in [5.74, 6) is -1.05. The highest BCUT2D eigenvalue weighted by Crippen LogP contribution is 2.41. The number of nitrogens with two attached hydrogens (primary N) is 1. The summed E-state index contributed by atoms with van der Waals surface area (Å²) in [6.45, 7) is 6.95. The number of aromatic hydroxyl groups is 1. The number of nitrogens with one attached hydrogen (secondary N) is 1. The minimum atomic E-state index is -3.77. The fraction of sp³-hybridized carbons (Fsp3) is 0.429. The van der Waals surface area contributed by atoms with Crippen LogP contribution in [0.15, 0.2) is 44.9 Å². The molecule has 0 spiro atoms. The van der Waals surface area contributed by atoms with Crippen molar-refractivity contribution in [1.82, 2.24) is 9.62 Å². The molecule has 168 valence electrons. The van der Waals surface area contributed by atoms with Gasteiger partial charge in [0.15, 0.2) is 9.96 Å². The molecule has 0 unspecified atom stereocenters. The molecule has 0 radical (unpaired) electrons. The second-order valence-corrected chi connectivity index (χ2v) is 11.6. The number of thiophene rings is 1. The molecule has 1 saturated heterocycles. The molecule has 1 aromatic heterocycles. The van der Waals surface area contributed by atoms with Crippen molar-refractivity contribution in [2.75, 3.05) is 13.1 Å². The van der Waals surface area contributed by atoms with Gasteiger partial charge in [-0.05, 0) is 35.7 Å². The Morgan fingerprint density at radius 3 is 2.45 bits per heavy atom. The number of amidine groups is 2. The van der Waals surface area contributed by atoms with E-state index in [1.165, 1.54) is 9.69 Å². The Morgan fingerprint density at radius 1 is 1.26 bits per heavy atom. The molecule has 0 saturated carbocycles. The molecule has 8 nitrogen and oxygen atoms in total. The molecule has 2 heterocycles. The first-order chi connectivity index (χ1) is 14.5. The van der Waals surface area contributed by atoms with Crippen LogP contribution in [0.25, 0.3) is 5.41 Å². The lowest BCUT2D eigenvalue weighted by atomic mass is 9.82. The molecule has 4 N–H and O–H groups in total. The maximum Gasteiger partial charge on any atom is 0.256 e. The molecule has 10 heteroatoms. The van der Waals surface area contributed by atoms with E-state index in [1.54, 1.807) is 0 Å². The van der Waals surface area contributed by atoms with Crippen LogP contribution in [0.5, 0.6) is 5.75 Å². The fourth-order valence-electron chi connectivity index (χ4n) is 3.47. The van der Waals surface area contributed by atoms with Gasteiger partial charge in [0.25, 0.3) is 10.0 Å². The summed E-state index contributed by atoms with van der Waals surface area (Å²) in [6.07, 6.45) is 1.60. The predicted octanol–water partition coefficient (Wildman–Crippen LogP) is 3.57. The lowest BCUT2D eigenvalue weighted by molar-refractivity contribution is 0.304. The number of benzene rings is 1. The third-order valence-electron chi connectivity index (χ3n) is 5.12. The van der Waals surface area contributed by atoms with Gasteiger partial charge in [0, 0.05) is 18.5 Å². The van der Waals surface area contributed by atoms with Gasteiger partial charge >= 0.3 is 0 Å². The Kier molecular flexibility index (Phi) is 6.73. The molecular weight excluding hydrogens is 434 g/mol. The van der Waals surface area contributed by atoms with Crippen LogP contribution in [0, 0.1) is 5.41 Å². The van der Waals surface area contributed by atoms with E-state index >= 15 is 0 Å². The van der Waals surface area contributed by atoms with Crippen LogP contribution in [-0.2, 0) is 10.0 Å². The third-order valence-corrected chi connectivity index (χ3v) is 8.49. The zero-order chi connectivity index (χ0) is 22.8. The zero-order valence-corrected chi connectivity index (χ0v) is 19.5. The quantitative estimate of drug-likeness (QED) is 0.462. The van der Waals surface area contributed by atoms with Crippen LogP contribution < -0.4 is 11.1 Å². The summed E-state index contributed by atoms with van der Waals surface area (Å²) in [5, 5.41) is 25.4. The first-order valence-electron chi connectivity index (χ1n) is 10.0. The van der Waals surface area contributed by atoms with Crippen LogP contribution in [0.1, 0.15) is 45.2 Å². The Morgan fingerprint density at radius 2 is 1.87 bits per heavy atom. The van der Waals surface area contributed by atoms with Crippen LogP contribution in [-0.4, -0.2) is 42.6 Å². The van der Waals surface area contributed by atoms with Crippen molar-refractivity contribution in [3.8, 4) is 5.75 Å². The monoisotopic (exact) mass is 462 g/mol. The lowest BCUT2D eigenvalue weighted by Crippen LogP contribution is -2.42. The Bertz CT molecular complexity index is 1070. The van der Waals surface area contributed by atoms with E-state index in [1.807, 2.05) is 51.1 Å². The molecule has 0 amide bonds. The summed E-state index contributed by atoms with van der Waals surface area (Å²) in [7, 11) is -3.77. The van der Waals surface area contributed by atoms with Gasteiger partial charge in [-0.1, -0.05) is 51.1 Å². The Balaban J connectivity index is 1.82. The van der Waals surface area contributed by atoms with Crippen molar-refractivity contribution in [3.63, 3.8) is 0 Å². The first-order valence-corrected chi connectivity index (χ1v) is 12.4. The van der Waals surface area contributed by atoms with Crippen molar-refractivity contribution in [2.45, 2.75) is 43.9 Å². The van der Waals surface area contributed by atoms with Crippen molar-refractivity contribution >= 4 is 38.7 Å². The Labute approximate surface area is 187 Å². The number of hydrogen-bond donors (Lipinski definition) is 3. The first kappa shape index (κ1) is 23.2. The minimum Gasteiger partial charge on any atom is -0.504 e. The second kappa shape index (κ2) is 8.97. The van der Waals surface area contributed by atoms with Crippen molar-refractivity contribution in [2.24, 2.45) is 16.1 Å². The smallest absolute Gasteiger partial charge is 0.256 e. The third kappa shape index (κ3) is 5.08. The SMILES string of the molecule is CC(C)(C)[C@@H](NC(=[N-])C(N)=Nc1csc(S(=O)(=O)N2CCCC2)c1O)c1ccccc1. The molecule has 31 heavy (non-hydrogen) atoms. The molecule has 3 rings (SSSR count). The molecule has 1 aromatic carbocycles. The van der Waals surface area contributed by atoms with E-state index in [9.17, 15) is 18.9 Å². The average Bonchev–Trinajstić information content (AvgIpc) is 3.37. The van der Waals surface area contributed by atoms with Crippen LogP contribution in [0.3, 0.4) is 0 Å². The molecule has 0 bridgehead atoms. The molecule has 1 aliphatic rings. The standard InChI is InChI=1S/C21H28N5O3S2/c1-21(2,3)17(14-9-5-4-6-10-14)25-19(23)18(22)24-15-13-30-20(16(15)27)31(28,29)26-11-7-8-12-26/h4-6,9-10,13,17H,7-8,11-12H2,1-3H3,(H4-,22,23,24,25,27)/q-1/t17-/m0/s1. The van der Waals surface area contributed by atoms with Crippen LogP contribution >= 0.6 is 11.3 Å². The van der Waals surface area contributed by atoms with Gasteiger partial charge in [-0.15, -0.1) is 11.3 Å². The zero-order valence-electron chi connectivity index (χ0n) is 17.9. The molecular formula is C21H28N5O3S2-. The van der Waals surface area contributed by atoms with Gasteiger partial charge in [0.2, 0.25) is 0 Å². The molecule has 0 aliphatic carbocycles. The van der Waals surface area contributed by atoms with Gasteiger partial charge < -0.3 is 21.6 Å². The number of sulfonamides is 1. The van der Waals surface area contributed by atoms with Crippen LogP contribution in [0.4, 0.5) is 5.69 Å². The van der Waals surface area contributed by atoms with Gasteiger partial charge in [-0.25, -0.2) is 13.4 Å². The van der Waals surface area contributed by atoms with Gasteiger partial charge in [0.05, 0.1) is 0 Å². The Hall–Kier alpha value is -2.43. The fourth-order valence-corrected chi connectivity index (χ4v) is 6.34. The maximum atomic E-state index is 12.7. The van der Waals surface area contributed by atoms with E-state index in [4.69, 9.17) is 5.73 Å². The molecule has 1 atom stereocenters. The van der Waals surface area contributed by atoms with E-state index in [2.05, 4.69) is 10.3 Å². The summed E-state index contributed by atoms with van der Waals surface area (Å²) in [6, 6.07) is 9.37. The molecule has 1 fully saturated rings. The topological polar surface area (TPSA) is 130 Å². The summed E-state index contributed by atoms with van der Waals surface area (Å²) in [5.41, 5.74) is 6.67. The average molecular weight is 463 g/mol. The van der Waals surface area contributed by atoms with E-state index < -0.39 is 15.8 Å². The van der Waals surface area contributed by atoms with Gasteiger partial charge in [-0.3, -0.25) is 0 Å². The number of nitrogens with zero attached hydrogens (tertiary/aromatic N) is 3. The molecule has 2 aromatic rings. The van der Waals surface area contributed by atoms with Crippen LogP contribution in [0.2, 0.25) is 0 Å².